The largest absolute Gasteiger partial charge is 0.325 e. The Morgan fingerprint density at radius 3 is 2.90 bits per heavy atom. The summed E-state index contributed by atoms with van der Waals surface area (Å²) in [5, 5.41) is 14.9. The first-order valence-electron chi connectivity index (χ1n) is 10.1. The Morgan fingerprint density at radius 2 is 2.07 bits per heavy atom. The van der Waals surface area contributed by atoms with Crippen LogP contribution in [0.2, 0.25) is 0 Å². The predicted molar refractivity (Wildman–Crippen MR) is 121 cm³/mol. The molecule has 1 amide bonds. The van der Waals surface area contributed by atoms with E-state index in [2.05, 4.69) is 32.4 Å². The van der Waals surface area contributed by atoms with Gasteiger partial charge in [0.15, 0.2) is 11.0 Å². The molecule has 1 aromatic carbocycles. The third kappa shape index (κ3) is 4.12. The fourth-order valence-corrected chi connectivity index (χ4v) is 5.69. The number of benzene rings is 1. The van der Waals surface area contributed by atoms with Crippen molar-refractivity contribution >= 4 is 34.7 Å². The van der Waals surface area contributed by atoms with Crippen molar-refractivity contribution in [1.29, 1.82) is 0 Å². The number of aromatic nitrogens is 3. The van der Waals surface area contributed by atoms with E-state index in [0.717, 1.165) is 35.2 Å². The molecule has 29 heavy (non-hydrogen) atoms. The highest BCUT2D eigenvalue weighted by Gasteiger charge is 2.22. The van der Waals surface area contributed by atoms with Crippen LogP contribution >= 0.6 is 23.1 Å². The van der Waals surface area contributed by atoms with Crippen LogP contribution < -0.4 is 5.32 Å². The maximum atomic E-state index is 12.5. The number of rotatable bonds is 6. The minimum Gasteiger partial charge on any atom is -0.325 e. The number of fused-ring (bicyclic) bond motifs is 1. The van der Waals surface area contributed by atoms with Gasteiger partial charge in [0.25, 0.3) is 0 Å². The summed E-state index contributed by atoms with van der Waals surface area (Å²) < 4.78 is 2.13. The van der Waals surface area contributed by atoms with Crippen LogP contribution in [0.3, 0.4) is 0 Å². The second-order valence-electron chi connectivity index (χ2n) is 7.39. The topological polar surface area (TPSA) is 59.8 Å². The molecule has 7 heteroatoms. The number of amides is 1. The average molecular weight is 427 g/mol. The number of thioether (sulfide) groups is 1. The molecule has 0 unspecified atom stereocenters. The van der Waals surface area contributed by atoms with E-state index < -0.39 is 0 Å². The molecule has 1 aliphatic carbocycles. The van der Waals surface area contributed by atoms with Gasteiger partial charge in [0, 0.05) is 28.1 Å². The second-order valence-corrected chi connectivity index (χ2v) is 9.30. The van der Waals surface area contributed by atoms with E-state index in [1.807, 2.05) is 43.4 Å². The molecule has 0 saturated heterocycles. The zero-order valence-electron chi connectivity index (χ0n) is 17.1. The summed E-state index contributed by atoms with van der Waals surface area (Å²) in [6.45, 7) is 6.97. The Morgan fingerprint density at radius 1 is 1.24 bits per heavy atom. The normalized spacial score (nSPS) is 13.3. The molecule has 4 rings (SSSR count). The van der Waals surface area contributed by atoms with Gasteiger partial charge >= 0.3 is 0 Å². The van der Waals surface area contributed by atoms with E-state index in [0.29, 0.717) is 5.75 Å². The summed E-state index contributed by atoms with van der Waals surface area (Å²) >= 11 is 3.29. The summed E-state index contributed by atoms with van der Waals surface area (Å²) in [6.07, 6.45) is 4.84. The number of aryl methyl sites for hydroxylation is 2. The number of carbonyl (C=O) groups is 1. The molecule has 0 atom stereocenters. The number of anilines is 1. The van der Waals surface area contributed by atoms with Crippen LogP contribution in [0.15, 0.2) is 28.7 Å². The first-order chi connectivity index (χ1) is 14.1. The van der Waals surface area contributed by atoms with Crippen molar-refractivity contribution in [2.75, 3.05) is 11.1 Å². The van der Waals surface area contributed by atoms with Crippen molar-refractivity contribution in [3.8, 4) is 11.4 Å². The number of carbonyl (C=O) groups excluding carboxylic acids is 1. The SMILES string of the molecule is CCn1c(SCC(=O)Nc2cccc(C)c2C)nnc1-c1csc2c1CCCC2. The Labute approximate surface area is 179 Å². The molecule has 0 fully saturated rings. The van der Waals surface area contributed by atoms with Gasteiger partial charge in [-0.3, -0.25) is 4.79 Å². The predicted octanol–water partition coefficient (Wildman–Crippen LogP) is 5.25. The molecule has 5 nitrogen and oxygen atoms in total. The highest BCUT2D eigenvalue weighted by molar-refractivity contribution is 7.99. The Bertz CT molecular complexity index is 1040. The zero-order chi connectivity index (χ0) is 20.4. The van der Waals surface area contributed by atoms with Crippen LogP contribution in [0.25, 0.3) is 11.4 Å². The van der Waals surface area contributed by atoms with Gasteiger partial charge in [0.2, 0.25) is 5.91 Å². The highest BCUT2D eigenvalue weighted by atomic mass is 32.2. The van der Waals surface area contributed by atoms with Crippen molar-refractivity contribution in [3.63, 3.8) is 0 Å². The molecule has 1 aliphatic rings. The average Bonchev–Trinajstić information content (AvgIpc) is 3.33. The van der Waals surface area contributed by atoms with Crippen molar-refractivity contribution in [1.82, 2.24) is 14.8 Å². The van der Waals surface area contributed by atoms with Gasteiger partial charge in [-0.2, -0.15) is 0 Å². The third-order valence-corrected chi connectivity index (χ3v) is 7.60. The molecular weight excluding hydrogens is 400 g/mol. The van der Waals surface area contributed by atoms with E-state index in [4.69, 9.17) is 0 Å². The molecule has 0 aliphatic heterocycles. The second kappa shape index (κ2) is 8.71. The maximum Gasteiger partial charge on any atom is 0.234 e. The van der Waals surface area contributed by atoms with Crippen LogP contribution in [-0.4, -0.2) is 26.4 Å². The van der Waals surface area contributed by atoms with Crippen LogP contribution in [0.5, 0.6) is 0 Å². The minimum absolute atomic E-state index is 0.0242. The van der Waals surface area contributed by atoms with Crippen LogP contribution in [0, 0.1) is 13.8 Å². The number of hydrogen-bond acceptors (Lipinski definition) is 5. The summed E-state index contributed by atoms with van der Waals surface area (Å²) in [6, 6.07) is 5.96. The van der Waals surface area contributed by atoms with E-state index in [9.17, 15) is 4.79 Å². The molecule has 3 aromatic rings. The Kier molecular flexibility index (Phi) is 6.06. The summed E-state index contributed by atoms with van der Waals surface area (Å²) in [5.74, 6) is 1.22. The van der Waals surface area contributed by atoms with E-state index in [1.165, 1.54) is 52.6 Å². The maximum absolute atomic E-state index is 12.5. The number of nitrogens with zero attached hydrogens (tertiary/aromatic N) is 3. The standard InChI is InChI=1S/C22H26N4OS2/c1-4-26-21(17-12-28-19-11-6-5-9-16(17)19)24-25-22(26)29-13-20(27)23-18-10-7-8-14(2)15(18)3/h7-8,10,12H,4-6,9,11,13H2,1-3H3,(H,23,27). The molecule has 0 spiro atoms. The zero-order valence-corrected chi connectivity index (χ0v) is 18.8. The monoisotopic (exact) mass is 426 g/mol. The third-order valence-electron chi connectivity index (χ3n) is 5.55. The summed E-state index contributed by atoms with van der Waals surface area (Å²) in [5.41, 5.74) is 5.83. The molecule has 0 radical (unpaired) electrons. The minimum atomic E-state index is -0.0242. The quantitative estimate of drug-likeness (QED) is 0.547. The Balaban J connectivity index is 1.48. The van der Waals surface area contributed by atoms with Crippen LogP contribution in [0.1, 0.15) is 41.3 Å². The molecular formula is C22H26N4OS2. The van der Waals surface area contributed by atoms with Crippen molar-refractivity contribution in [2.45, 2.75) is 58.2 Å². The highest BCUT2D eigenvalue weighted by Crippen LogP contribution is 2.36. The number of nitrogens with one attached hydrogen (secondary N) is 1. The van der Waals surface area contributed by atoms with Gasteiger partial charge in [0.1, 0.15) is 0 Å². The first kappa shape index (κ1) is 20.2. The van der Waals surface area contributed by atoms with Gasteiger partial charge in [0.05, 0.1) is 5.75 Å². The van der Waals surface area contributed by atoms with Gasteiger partial charge in [-0.15, -0.1) is 21.5 Å². The van der Waals surface area contributed by atoms with Crippen molar-refractivity contribution in [3.05, 3.63) is 45.1 Å². The lowest BCUT2D eigenvalue weighted by molar-refractivity contribution is -0.113. The number of thiophene rings is 1. The smallest absolute Gasteiger partial charge is 0.234 e. The molecule has 0 bridgehead atoms. The lowest BCUT2D eigenvalue weighted by Gasteiger charge is -2.13. The van der Waals surface area contributed by atoms with Gasteiger partial charge in [-0.05, 0) is 69.2 Å². The van der Waals surface area contributed by atoms with Crippen molar-refractivity contribution < 1.29 is 4.79 Å². The molecule has 2 heterocycles. The van der Waals surface area contributed by atoms with Gasteiger partial charge in [-0.1, -0.05) is 23.9 Å². The van der Waals surface area contributed by atoms with Crippen LogP contribution in [-0.2, 0) is 24.2 Å². The summed E-state index contributed by atoms with van der Waals surface area (Å²) in [7, 11) is 0. The molecule has 2 aromatic heterocycles. The van der Waals surface area contributed by atoms with Gasteiger partial charge < -0.3 is 9.88 Å². The van der Waals surface area contributed by atoms with Crippen molar-refractivity contribution in [2.24, 2.45) is 0 Å². The van der Waals surface area contributed by atoms with E-state index in [1.54, 1.807) is 0 Å². The molecule has 0 saturated carbocycles. The van der Waals surface area contributed by atoms with Gasteiger partial charge in [-0.25, -0.2) is 0 Å². The first-order valence-corrected chi connectivity index (χ1v) is 12.0. The molecule has 1 N–H and O–H groups in total. The van der Waals surface area contributed by atoms with Crippen LogP contribution in [0.4, 0.5) is 5.69 Å². The fourth-order valence-electron chi connectivity index (χ4n) is 3.76. The molecule has 152 valence electrons. The van der Waals surface area contributed by atoms with E-state index >= 15 is 0 Å². The Hall–Kier alpha value is -2.12. The fraction of sp³-hybridized carbons (Fsp3) is 0.409. The lowest BCUT2D eigenvalue weighted by atomic mass is 9.96. The lowest BCUT2D eigenvalue weighted by Crippen LogP contribution is -2.15. The summed E-state index contributed by atoms with van der Waals surface area (Å²) in [4.78, 5) is 14.0. The van der Waals surface area contributed by atoms with E-state index in [-0.39, 0.29) is 5.91 Å². The number of hydrogen-bond donors (Lipinski definition) is 1.